The highest BCUT2D eigenvalue weighted by Gasteiger charge is 2.18. The molecule has 0 aliphatic carbocycles. The first-order valence-corrected chi connectivity index (χ1v) is 22.6. The first kappa shape index (κ1) is 36.4. The van der Waals surface area contributed by atoms with Crippen molar-refractivity contribution in [3.8, 4) is 22.3 Å². The molecule has 0 aliphatic rings. The fraction of sp³-hybridized carbons (Fsp3) is 0. The zero-order chi connectivity index (χ0) is 41.0. The van der Waals surface area contributed by atoms with Crippen LogP contribution in [0.2, 0.25) is 0 Å². The molecule has 0 N–H and O–H groups in total. The molecule has 0 atom stereocenters. The van der Waals surface area contributed by atoms with Crippen LogP contribution in [0, 0.1) is 0 Å². The van der Waals surface area contributed by atoms with Crippen LogP contribution in [0.25, 0.3) is 73.4 Å². The van der Waals surface area contributed by atoms with Crippen LogP contribution in [0.3, 0.4) is 0 Å². The topological polar surface area (TPSA) is 6.48 Å². The van der Waals surface area contributed by atoms with E-state index in [0.29, 0.717) is 0 Å². The van der Waals surface area contributed by atoms with E-state index in [2.05, 4.69) is 240 Å². The lowest BCUT2D eigenvalue weighted by Gasteiger charge is -2.26. The molecule has 292 valence electrons. The molecule has 0 amide bonds. The van der Waals surface area contributed by atoms with Crippen molar-refractivity contribution in [2.75, 3.05) is 9.80 Å². The van der Waals surface area contributed by atoms with Gasteiger partial charge in [-0.25, -0.2) is 0 Å². The molecule has 4 heteroatoms. The van der Waals surface area contributed by atoms with Crippen molar-refractivity contribution in [1.82, 2.24) is 0 Å². The molecule has 0 aliphatic heterocycles. The van der Waals surface area contributed by atoms with Gasteiger partial charge in [-0.1, -0.05) is 121 Å². The number of para-hydroxylation sites is 2. The minimum absolute atomic E-state index is 1.13. The molecule has 62 heavy (non-hydrogen) atoms. The highest BCUT2D eigenvalue weighted by atomic mass is 32.1. The zero-order valence-corrected chi connectivity index (χ0v) is 35.3. The van der Waals surface area contributed by atoms with Crippen molar-refractivity contribution in [3.05, 3.63) is 231 Å². The van der Waals surface area contributed by atoms with Crippen LogP contribution in [-0.2, 0) is 0 Å². The Morgan fingerprint density at radius 1 is 0.226 bits per heavy atom. The number of thiophene rings is 2. The summed E-state index contributed by atoms with van der Waals surface area (Å²) in [7, 11) is 0. The molecule has 12 rings (SSSR count). The van der Waals surface area contributed by atoms with Gasteiger partial charge in [0.05, 0.1) is 0 Å². The standard InChI is InChI=1S/C58H38N2S2/c1-5-13-39(14-6-1)41-21-25-47(26-22-41)59(45-17-9-3-10-18-45)49-29-31-55-53(37-49)51-33-43-34-52-54-38-50(30-32-56(54)62-58(52)36-44(43)35-57(51)61-55)60(46-19-11-4-12-20-46)48-27-23-42(24-28-48)40-15-7-2-8-16-40/h1-38H. The molecular weight excluding hydrogens is 789 g/mol. The largest absolute Gasteiger partial charge is 0.310 e. The molecule has 0 spiro atoms. The summed E-state index contributed by atoms with van der Waals surface area (Å²) >= 11 is 3.76. The number of hydrogen-bond acceptors (Lipinski definition) is 4. The van der Waals surface area contributed by atoms with E-state index < -0.39 is 0 Å². The number of nitrogens with zero attached hydrogens (tertiary/aromatic N) is 2. The summed E-state index contributed by atoms with van der Waals surface area (Å²) in [5, 5.41) is 7.67. The lowest BCUT2D eigenvalue weighted by molar-refractivity contribution is 1.29. The first-order chi connectivity index (χ1) is 30.7. The van der Waals surface area contributed by atoms with Gasteiger partial charge in [0, 0.05) is 74.5 Å². The molecular formula is C58H38N2S2. The smallest absolute Gasteiger partial charge is 0.0468 e. The maximum atomic E-state index is 2.42. The van der Waals surface area contributed by atoms with E-state index in [4.69, 9.17) is 0 Å². The third kappa shape index (κ3) is 6.49. The minimum atomic E-state index is 1.13. The van der Waals surface area contributed by atoms with Gasteiger partial charge in [0.2, 0.25) is 0 Å². The Balaban J connectivity index is 0.957. The molecule has 0 bridgehead atoms. The average Bonchev–Trinajstić information content (AvgIpc) is 3.88. The Labute approximate surface area is 368 Å². The van der Waals surface area contributed by atoms with Crippen LogP contribution >= 0.6 is 22.7 Å². The van der Waals surface area contributed by atoms with Gasteiger partial charge in [-0.15, -0.1) is 22.7 Å². The van der Waals surface area contributed by atoms with Crippen LogP contribution in [0.1, 0.15) is 0 Å². The molecule has 2 nitrogen and oxygen atoms in total. The number of benzene rings is 10. The Kier molecular flexibility index (Phi) is 8.91. The average molecular weight is 827 g/mol. The predicted octanol–water partition coefficient (Wildman–Crippen LogP) is 17.8. The maximum Gasteiger partial charge on any atom is 0.0468 e. The maximum absolute atomic E-state index is 2.42. The summed E-state index contributed by atoms with van der Waals surface area (Å²) in [5.74, 6) is 0. The van der Waals surface area contributed by atoms with Gasteiger partial charge in [0.25, 0.3) is 0 Å². The fourth-order valence-electron chi connectivity index (χ4n) is 8.96. The second kappa shape index (κ2) is 15.2. The summed E-state index contributed by atoms with van der Waals surface area (Å²) in [5.41, 5.74) is 11.6. The van der Waals surface area contributed by atoms with Crippen LogP contribution in [0.4, 0.5) is 34.1 Å². The summed E-state index contributed by atoms with van der Waals surface area (Å²) in [6.07, 6.45) is 0. The Morgan fingerprint density at radius 2 is 0.532 bits per heavy atom. The van der Waals surface area contributed by atoms with E-state index in [0.717, 1.165) is 34.1 Å². The van der Waals surface area contributed by atoms with E-state index in [9.17, 15) is 0 Å². The molecule has 10 aromatic carbocycles. The van der Waals surface area contributed by atoms with E-state index in [1.807, 2.05) is 22.7 Å². The number of fused-ring (bicyclic) bond motifs is 7. The third-order valence-electron chi connectivity index (χ3n) is 12.0. The number of anilines is 6. The van der Waals surface area contributed by atoms with Gasteiger partial charge in [-0.2, -0.15) is 0 Å². The molecule has 0 saturated carbocycles. The quantitative estimate of drug-likeness (QED) is 0.151. The summed E-state index contributed by atoms with van der Waals surface area (Å²) < 4.78 is 5.20. The van der Waals surface area contributed by atoms with Gasteiger partial charge >= 0.3 is 0 Å². The number of hydrogen-bond donors (Lipinski definition) is 0. The van der Waals surface area contributed by atoms with Crippen molar-refractivity contribution in [2.45, 2.75) is 0 Å². The van der Waals surface area contributed by atoms with Crippen molar-refractivity contribution in [3.63, 3.8) is 0 Å². The highest BCUT2D eigenvalue weighted by Crippen LogP contribution is 2.45. The lowest BCUT2D eigenvalue weighted by Crippen LogP contribution is -2.09. The van der Waals surface area contributed by atoms with E-state index >= 15 is 0 Å². The van der Waals surface area contributed by atoms with E-state index in [1.54, 1.807) is 0 Å². The van der Waals surface area contributed by atoms with Crippen LogP contribution < -0.4 is 9.80 Å². The van der Waals surface area contributed by atoms with Gasteiger partial charge in [0.15, 0.2) is 0 Å². The minimum Gasteiger partial charge on any atom is -0.310 e. The second-order valence-electron chi connectivity index (χ2n) is 15.8. The molecule has 2 heterocycles. The molecule has 2 aromatic heterocycles. The summed E-state index contributed by atoms with van der Waals surface area (Å²) in [4.78, 5) is 4.74. The zero-order valence-electron chi connectivity index (χ0n) is 33.7. The molecule has 0 unspecified atom stereocenters. The second-order valence-corrected chi connectivity index (χ2v) is 17.9. The van der Waals surface area contributed by atoms with Gasteiger partial charge < -0.3 is 9.80 Å². The van der Waals surface area contributed by atoms with E-state index in [1.165, 1.54) is 73.4 Å². The first-order valence-electron chi connectivity index (χ1n) is 21.0. The Bertz CT molecular complexity index is 3310. The summed E-state index contributed by atoms with van der Waals surface area (Å²) in [6.45, 7) is 0. The van der Waals surface area contributed by atoms with Crippen LogP contribution in [-0.4, -0.2) is 0 Å². The van der Waals surface area contributed by atoms with Gasteiger partial charge in [-0.3, -0.25) is 0 Å². The van der Waals surface area contributed by atoms with Gasteiger partial charge in [-0.05, 0) is 142 Å². The number of rotatable bonds is 8. The monoisotopic (exact) mass is 826 g/mol. The SMILES string of the molecule is c1ccc(-c2ccc(N(c3ccccc3)c3ccc4sc5cc6cc7sc8ccc(N(c9ccccc9)c9ccc(-c%10ccccc%10)cc9)cc8c7cc6cc5c4c3)cc2)cc1. The molecule has 12 aromatic rings. The van der Waals surface area contributed by atoms with Crippen molar-refractivity contribution < 1.29 is 0 Å². The third-order valence-corrected chi connectivity index (χ3v) is 14.3. The molecule has 0 saturated heterocycles. The predicted molar refractivity (Wildman–Crippen MR) is 270 cm³/mol. The molecule has 0 fully saturated rings. The fourth-order valence-corrected chi connectivity index (χ4v) is 11.2. The normalized spacial score (nSPS) is 11.5. The van der Waals surface area contributed by atoms with Crippen molar-refractivity contribution >= 4 is 108 Å². The molecule has 0 radical (unpaired) electrons. The Hall–Kier alpha value is -7.50. The van der Waals surface area contributed by atoms with Crippen LogP contribution in [0.5, 0.6) is 0 Å². The van der Waals surface area contributed by atoms with Gasteiger partial charge in [0.1, 0.15) is 0 Å². The van der Waals surface area contributed by atoms with Crippen molar-refractivity contribution in [2.24, 2.45) is 0 Å². The summed E-state index contributed by atoms with van der Waals surface area (Å²) in [6, 6.07) is 84.0. The lowest BCUT2D eigenvalue weighted by atomic mass is 10.0. The highest BCUT2D eigenvalue weighted by molar-refractivity contribution is 7.26. The van der Waals surface area contributed by atoms with Crippen LogP contribution in [0.15, 0.2) is 231 Å². The Morgan fingerprint density at radius 3 is 0.935 bits per heavy atom. The van der Waals surface area contributed by atoms with Crippen molar-refractivity contribution in [1.29, 1.82) is 0 Å². The van der Waals surface area contributed by atoms with E-state index in [-0.39, 0.29) is 0 Å².